The van der Waals surface area contributed by atoms with Gasteiger partial charge in [0.15, 0.2) is 0 Å². The minimum atomic E-state index is 0.401. The van der Waals surface area contributed by atoms with Gasteiger partial charge in [0.2, 0.25) is 0 Å². The van der Waals surface area contributed by atoms with Crippen LogP contribution < -0.4 is 5.32 Å². The molecule has 0 amide bonds. The third kappa shape index (κ3) is 6.37. The van der Waals surface area contributed by atoms with Crippen LogP contribution in [0.2, 0.25) is 0 Å². The lowest BCUT2D eigenvalue weighted by Crippen LogP contribution is -2.46. The molecule has 1 fully saturated rings. The predicted molar refractivity (Wildman–Crippen MR) is 77.5 cm³/mol. The Hall–Kier alpha value is 0.610. The molecule has 96 valence electrons. The van der Waals surface area contributed by atoms with Crippen molar-refractivity contribution in [2.24, 2.45) is 0 Å². The number of unbranched alkanes of at least 4 members (excludes halogenated alkanes) is 2. The minimum absolute atomic E-state index is 0.401. The van der Waals surface area contributed by atoms with Gasteiger partial charge in [0.25, 0.3) is 0 Å². The quantitative estimate of drug-likeness (QED) is 0.415. The molecule has 0 radical (unpaired) electrons. The van der Waals surface area contributed by atoms with Gasteiger partial charge in [-0.25, -0.2) is 0 Å². The molecule has 0 aromatic rings. The van der Waals surface area contributed by atoms with Gasteiger partial charge in [-0.1, -0.05) is 35.9 Å². The van der Waals surface area contributed by atoms with E-state index < -0.39 is 0 Å². The monoisotopic (exact) mass is 340 g/mol. The van der Waals surface area contributed by atoms with E-state index in [-0.39, 0.29) is 0 Å². The SMILES string of the molecule is CCN1CCOC(CNCCCCCI)C1. The molecule has 0 aromatic heterocycles. The first-order valence-corrected chi connectivity index (χ1v) is 8.00. The Bertz CT molecular complexity index is 169. The summed E-state index contributed by atoms with van der Waals surface area (Å²) < 4.78 is 7.02. The maximum Gasteiger partial charge on any atom is 0.0826 e. The smallest absolute Gasteiger partial charge is 0.0826 e. The van der Waals surface area contributed by atoms with E-state index >= 15 is 0 Å². The van der Waals surface area contributed by atoms with E-state index in [9.17, 15) is 0 Å². The van der Waals surface area contributed by atoms with Crippen molar-refractivity contribution in [1.29, 1.82) is 0 Å². The summed E-state index contributed by atoms with van der Waals surface area (Å²) in [6.45, 7) is 8.62. The third-order valence-electron chi connectivity index (χ3n) is 3.03. The summed E-state index contributed by atoms with van der Waals surface area (Å²) in [5.41, 5.74) is 0. The Kier molecular flexibility index (Phi) is 8.82. The Morgan fingerprint density at radius 3 is 3.00 bits per heavy atom. The number of nitrogens with zero attached hydrogens (tertiary/aromatic N) is 1. The second-order valence-electron chi connectivity index (χ2n) is 4.34. The van der Waals surface area contributed by atoms with Crippen molar-refractivity contribution in [3.05, 3.63) is 0 Å². The fourth-order valence-electron chi connectivity index (χ4n) is 1.98. The fraction of sp³-hybridized carbons (Fsp3) is 1.00. The van der Waals surface area contributed by atoms with Crippen LogP contribution in [0.1, 0.15) is 26.2 Å². The van der Waals surface area contributed by atoms with Gasteiger partial charge in [-0.2, -0.15) is 0 Å². The summed E-state index contributed by atoms with van der Waals surface area (Å²) in [5.74, 6) is 0. The van der Waals surface area contributed by atoms with Crippen LogP contribution in [0.15, 0.2) is 0 Å². The van der Waals surface area contributed by atoms with Gasteiger partial charge in [0.1, 0.15) is 0 Å². The van der Waals surface area contributed by atoms with Crippen molar-refractivity contribution in [2.75, 3.05) is 43.8 Å². The van der Waals surface area contributed by atoms with Crippen molar-refractivity contribution in [1.82, 2.24) is 10.2 Å². The highest BCUT2D eigenvalue weighted by Crippen LogP contribution is 2.04. The normalized spacial score (nSPS) is 22.5. The summed E-state index contributed by atoms with van der Waals surface area (Å²) in [5, 5.41) is 3.50. The maximum absolute atomic E-state index is 5.73. The average Bonchev–Trinajstić information content (AvgIpc) is 2.34. The highest BCUT2D eigenvalue weighted by Gasteiger charge is 2.18. The van der Waals surface area contributed by atoms with Crippen molar-refractivity contribution in [3.8, 4) is 0 Å². The van der Waals surface area contributed by atoms with Crippen LogP contribution in [0.4, 0.5) is 0 Å². The maximum atomic E-state index is 5.73. The zero-order chi connectivity index (χ0) is 11.6. The molecule has 0 aliphatic carbocycles. The Balaban J connectivity index is 1.95. The molecule has 1 atom stereocenters. The molecule has 1 unspecified atom stereocenters. The van der Waals surface area contributed by atoms with Crippen LogP contribution in [0.5, 0.6) is 0 Å². The number of nitrogens with one attached hydrogen (secondary N) is 1. The van der Waals surface area contributed by atoms with Crippen LogP contribution >= 0.6 is 22.6 Å². The zero-order valence-electron chi connectivity index (χ0n) is 10.4. The predicted octanol–water partition coefficient (Wildman–Crippen LogP) is 1.90. The first kappa shape index (κ1) is 14.7. The molecule has 0 spiro atoms. The van der Waals surface area contributed by atoms with Gasteiger partial charge in [-0.05, 0) is 30.4 Å². The molecule has 1 rings (SSSR count). The molecular formula is C12H25IN2O. The van der Waals surface area contributed by atoms with Gasteiger partial charge < -0.3 is 10.1 Å². The lowest BCUT2D eigenvalue weighted by atomic mass is 10.2. The molecule has 0 bridgehead atoms. The number of halogens is 1. The van der Waals surface area contributed by atoms with E-state index in [0.717, 1.165) is 39.3 Å². The molecule has 0 saturated carbocycles. The highest BCUT2D eigenvalue weighted by molar-refractivity contribution is 14.1. The largest absolute Gasteiger partial charge is 0.374 e. The average molecular weight is 340 g/mol. The van der Waals surface area contributed by atoms with E-state index in [4.69, 9.17) is 4.74 Å². The topological polar surface area (TPSA) is 24.5 Å². The van der Waals surface area contributed by atoms with Crippen LogP contribution in [0, 0.1) is 0 Å². The van der Waals surface area contributed by atoms with Crippen molar-refractivity contribution in [2.45, 2.75) is 32.3 Å². The summed E-state index contributed by atoms with van der Waals surface area (Å²) in [6, 6.07) is 0. The summed E-state index contributed by atoms with van der Waals surface area (Å²) >= 11 is 2.44. The number of hydrogen-bond acceptors (Lipinski definition) is 3. The third-order valence-corrected chi connectivity index (χ3v) is 3.79. The van der Waals surface area contributed by atoms with Crippen molar-refractivity contribution >= 4 is 22.6 Å². The molecular weight excluding hydrogens is 315 g/mol. The highest BCUT2D eigenvalue weighted by atomic mass is 127. The molecule has 3 nitrogen and oxygen atoms in total. The molecule has 1 heterocycles. The summed E-state index contributed by atoms with van der Waals surface area (Å²) in [4.78, 5) is 2.46. The molecule has 16 heavy (non-hydrogen) atoms. The van der Waals surface area contributed by atoms with Crippen LogP contribution in [-0.2, 0) is 4.74 Å². The zero-order valence-corrected chi connectivity index (χ0v) is 12.5. The first-order valence-electron chi connectivity index (χ1n) is 6.47. The number of rotatable bonds is 8. The number of alkyl halides is 1. The number of ether oxygens (including phenoxy) is 1. The molecule has 4 heteroatoms. The Labute approximate surface area is 113 Å². The van der Waals surface area contributed by atoms with Crippen LogP contribution in [0.25, 0.3) is 0 Å². The number of hydrogen-bond donors (Lipinski definition) is 1. The second kappa shape index (κ2) is 9.62. The Morgan fingerprint density at radius 2 is 2.25 bits per heavy atom. The van der Waals surface area contributed by atoms with E-state index in [1.165, 1.54) is 23.7 Å². The minimum Gasteiger partial charge on any atom is -0.374 e. The lowest BCUT2D eigenvalue weighted by Gasteiger charge is -2.32. The van der Waals surface area contributed by atoms with Gasteiger partial charge in [-0.3, -0.25) is 4.90 Å². The van der Waals surface area contributed by atoms with E-state index in [1.54, 1.807) is 0 Å². The van der Waals surface area contributed by atoms with E-state index in [2.05, 4.69) is 39.7 Å². The van der Waals surface area contributed by atoms with Gasteiger partial charge in [0, 0.05) is 19.6 Å². The molecule has 1 aliphatic heterocycles. The van der Waals surface area contributed by atoms with Crippen LogP contribution in [-0.4, -0.2) is 54.8 Å². The van der Waals surface area contributed by atoms with Gasteiger partial charge in [0.05, 0.1) is 12.7 Å². The summed E-state index contributed by atoms with van der Waals surface area (Å²) in [6.07, 6.45) is 4.40. The first-order chi connectivity index (χ1) is 7.86. The second-order valence-corrected chi connectivity index (χ2v) is 5.42. The molecule has 1 N–H and O–H groups in total. The molecule has 1 saturated heterocycles. The van der Waals surface area contributed by atoms with Gasteiger partial charge in [-0.15, -0.1) is 0 Å². The van der Waals surface area contributed by atoms with Crippen molar-refractivity contribution < 1.29 is 4.74 Å². The van der Waals surface area contributed by atoms with E-state index in [1.807, 2.05) is 0 Å². The van der Waals surface area contributed by atoms with E-state index in [0.29, 0.717) is 6.10 Å². The number of likely N-dealkylation sites (N-methyl/N-ethyl adjacent to an activating group) is 1. The Morgan fingerprint density at radius 1 is 1.38 bits per heavy atom. The molecule has 0 aromatic carbocycles. The van der Waals surface area contributed by atoms with Gasteiger partial charge >= 0.3 is 0 Å². The summed E-state index contributed by atoms with van der Waals surface area (Å²) in [7, 11) is 0. The standard InChI is InChI=1S/C12H25IN2O/c1-2-15-8-9-16-12(11-15)10-14-7-5-3-4-6-13/h12,14H,2-11H2,1H3. The fourth-order valence-corrected chi connectivity index (χ4v) is 2.51. The van der Waals surface area contributed by atoms with Crippen molar-refractivity contribution in [3.63, 3.8) is 0 Å². The number of morpholine rings is 1. The molecule has 1 aliphatic rings. The lowest BCUT2D eigenvalue weighted by molar-refractivity contribution is -0.0251. The van der Waals surface area contributed by atoms with Crippen LogP contribution in [0.3, 0.4) is 0 Å².